The summed E-state index contributed by atoms with van der Waals surface area (Å²) < 4.78 is 46.5. The van der Waals surface area contributed by atoms with E-state index >= 15 is 0 Å². The Morgan fingerprint density at radius 3 is 2.70 bits per heavy atom. The van der Waals surface area contributed by atoms with Gasteiger partial charge >= 0.3 is 6.18 Å². The van der Waals surface area contributed by atoms with Gasteiger partial charge in [-0.2, -0.15) is 13.2 Å². The van der Waals surface area contributed by atoms with E-state index in [-0.39, 0.29) is 11.8 Å². The Bertz CT molecular complexity index is 1050. The lowest BCUT2D eigenvalue weighted by Gasteiger charge is -2.37. The standard InChI is InChI=1S/C22H25F3N4O/c1-14-12-29(13-20-27-21-18(28(20)2)5-4-9-26-21)10-8-16(14)17-7-6-15(22(23,24)25)11-19(17)30-3/h4-7,9,11,14,16H,8,10,12-13H2,1-3H3. The van der Waals surface area contributed by atoms with Crippen molar-refractivity contribution in [2.45, 2.75) is 32.0 Å². The largest absolute Gasteiger partial charge is 0.496 e. The van der Waals surface area contributed by atoms with Crippen LogP contribution in [0.5, 0.6) is 5.75 Å². The Morgan fingerprint density at radius 1 is 1.23 bits per heavy atom. The number of fused-ring (bicyclic) bond motifs is 1. The van der Waals surface area contributed by atoms with Crippen molar-refractivity contribution in [1.82, 2.24) is 19.4 Å². The van der Waals surface area contributed by atoms with Crippen molar-refractivity contribution in [3.63, 3.8) is 0 Å². The maximum Gasteiger partial charge on any atom is 0.416 e. The Hall–Kier alpha value is -2.61. The predicted molar refractivity (Wildman–Crippen MR) is 108 cm³/mol. The minimum absolute atomic E-state index is 0.153. The van der Waals surface area contributed by atoms with Gasteiger partial charge in [-0.25, -0.2) is 9.97 Å². The minimum atomic E-state index is -4.37. The van der Waals surface area contributed by atoms with E-state index in [0.29, 0.717) is 12.3 Å². The van der Waals surface area contributed by atoms with Gasteiger partial charge in [-0.3, -0.25) is 4.90 Å². The van der Waals surface area contributed by atoms with Crippen molar-refractivity contribution in [1.29, 1.82) is 0 Å². The molecule has 30 heavy (non-hydrogen) atoms. The van der Waals surface area contributed by atoms with Gasteiger partial charge in [0.05, 0.1) is 24.7 Å². The molecule has 1 aliphatic heterocycles. The highest BCUT2D eigenvalue weighted by Crippen LogP contribution is 2.41. The molecule has 0 spiro atoms. The molecule has 8 heteroatoms. The van der Waals surface area contributed by atoms with E-state index in [1.807, 2.05) is 19.2 Å². The zero-order valence-corrected chi connectivity index (χ0v) is 17.3. The number of aromatic nitrogens is 3. The first-order valence-corrected chi connectivity index (χ1v) is 10.0. The number of methoxy groups -OCH3 is 1. The lowest BCUT2D eigenvalue weighted by molar-refractivity contribution is -0.137. The molecule has 1 aliphatic rings. The molecule has 4 rings (SSSR count). The lowest BCUT2D eigenvalue weighted by atomic mass is 9.81. The molecule has 1 saturated heterocycles. The molecule has 0 radical (unpaired) electrons. The van der Waals surface area contributed by atoms with Gasteiger partial charge in [-0.15, -0.1) is 0 Å². The van der Waals surface area contributed by atoms with Crippen molar-refractivity contribution >= 4 is 11.2 Å². The van der Waals surface area contributed by atoms with Crippen LogP contribution in [0.15, 0.2) is 36.5 Å². The Balaban J connectivity index is 1.50. The molecule has 2 aromatic heterocycles. The number of piperidine rings is 1. The van der Waals surface area contributed by atoms with E-state index < -0.39 is 11.7 Å². The van der Waals surface area contributed by atoms with Crippen LogP contribution in [0.3, 0.4) is 0 Å². The van der Waals surface area contributed by atoms with Gasteiger partial charge in [0, 0.05) is 19.8 Å². The van der Waals surface area contributed by atoms with E-state index in [9.17, 15) is 13.2 Å². The molecule has 0 amide bonds. The Kier molecular flexibility index (Phi) is 5.44. The van der Waals surface area contributed by atoms with Crippen LogP contribution in [0.2, 0.25) is 0 Å². The maximum absolute atomic E-state index is 13.0. The first-order chi connectivity index (χ1) is 14.3. The zero-order chi connectivity index (χ0) is 21.5. The number of benzene rings is 1. The molecule has 0 bridgehead atoms. The average Bonchev–Trinajstić information content (AvgIpc) is 3.03. The second-order valence-corrected chi connectivity index (χ2v) is 8.00. The summed E-state index contributed by atoms with van der Waals surface area (Å²) in [5.74, 6) is 1.70. The molecule has 160 valence electrons. The third-order valence-corrected chi connectivity index (χ3v) is 6.06. The van der Waals surface area contributed by atoms with E-state index in [2.05, 4.69) is 26.4 Å². The molecular formula is C22H25F3N4O. The van der Waals surface area contributed by atoms with Crippen molar-refractivity contribution in [3.8, 4) is 5.75 Å². The average molecular weight is 418 g/mol. The minimum Gasteiger partial charge on any atom is -0.496 e. The first-order valence-electron chi connectivity index (χ1n) is 10.0. The smallest absolute Gasteiger partial charge is 0.416 e. The predicted octanol–water partition coefficient (Wildman–Crippen LogP) is 4.62. The Labute approximate surface area is 173 Å². The summed E-state index contributed by atoms with van der Waals surface area (Å²) in [5, 5.41) is 0. The highest BCUT2D eigenvalue weighted by molar-refractivity contribution is 5.71. The molecule has 2 atom stereocenters. The van der Waals surface area contributed by atoms with Crippen LogP contribution in [-0.2, 0) is 19.8 Å². The van der Waals surface area contributed by atoms with Gasteiger partial charge in [-0.05, 0) is 54.6 Å². The lowest BCUT2D eigenvalue weighted by Crippen LogP contribution is -2.38. The van der Waals surface area contributed by atoms with Crippen molar-refractivity contribution < 1.29 is 17.9 Å². The number of aryl methyl sites for hydroxylation is 1. The third-order valence-electron chi connectivity index (χ3n) is 6.06. The fraction of sp³-hybridized carbons (Fsp3) is 0.455. The van der Waals surface area contributed by atoms with E-state index in [4.69, 9.17) is 4.74 Å². The highest BCUT2D eigenvalue weighted by Gasteiger charge is 2.34. The van der Waals surface area contributed by atoms with Crippen LogP contribution in [0.1, 0.15) is 36.2 Å². The highest BCUT2D eigenvalue weighted by atomic mass is 19.4. The number of alkyl halides is 3. The number of pyridine rings is 1. The fourth-order valence-corrected chi connectivity index (χ4v) is 4.45. The van der Waals surface area contributed by atoms with Crippen LogP contribution in [-0.4, -0.2) is 39.6 Å². The molecular weight excluding hydrogens is 393 g/mol. The van der Waals surface area contributed by atoms with Crippen molar-refractivity contribution in [3.05, 3.63) is 53.5 Å². The van der Waals surface area contributed by atoms with Gasteiger partial charge in [0.15, 0.2) is 5.65 Å². The number of imidazole rings is 1. The monoisotopic (exact) mass is 418 g/mol. The summed E-state index contributed by atoms with van der Waals surface area (Å²) in [4.78, 5) is 11.3. The van der Waals surface area contributed by atoms with Crippen LogP contribution in [0, 0.1) is 5.92 Å². The summed E-state index contributed by atoms with van der Waals surface area (Å²) in [6.07, 6.45) is -1.78. The van der Waals surface area contributed by atoms with E-state index in [1.165, 1.54) is 7.11 Å². The van der Waals surface area contributed by atoms with Gasteiger partial charge in [0.25, 0.3) is 0 Å². The maximum atomic E-state index is 13.0. The van der Waals surface area contributed by atoms with Crippen molar-refractivity contribution in [2.75, 3.05) is 20.2 Å². The van der Waals surface area contributed by atoms with Gasteiger partial charge in [0.2, 0.25) is 0 Å². The van der Waals surface area contributed by atoms with Crippen LogP contribution in [0.4, 0.5) is 13.2 Å². The normalized spacial score (nSPS) is 20.6. The Morgan fingerprint density at radius 2 is 2.03 bits per heavy atom. The quantitative estimate of drug-likeness (QED) is 0.620. The summed E-state index contributed by atoms with van der Waals surface area (Å²) in [6.45, 7) is 4.54. The summed E-state index contributed by atoms with van der Waals surface area (Å²) in [6, 6.07) is 7.75. The molecule has 3 heterocycles. The third kappa shape index (κ3) is 3.88. The molecule has 3 aromatic rings. The number of ether oxygens (including phenoxy) is 1. The second kappa shape index (κ2) is 7.91. The van der Waals surface area contributed by atoms with Gasteiger partial charge < -0.3 is 9.30 Å². The van der Waals surface area contributed by atoms with Crippen LogP contribution < -0.4 is 4.74 Å². The molecule has 0 saturated carbocycles. The topological polar surface area (TPSA) is 43.2 Å². The summed E-state index contributed by atoms with van der Waals surface area (Å²) in [5.41, 5.74) is 1.92. The van der Waals surface area contributed by atoms with Crippen LogP contribution >= 0.6 is 0 Å². The molecule has 0 aliphatic carbocycles. The van der Waals surface area contributed by atoms with Crippen molar-refractivity contribution in [2.24, 2.45) is 13.0 Å². The number of rotatable bonds is 4. The molecule has 1 fully saturated rings. The second-order valence-electron chi connectivity index (χ2n) is 8.00. The van der Waals surface area contributed by atoms with E-state index in [1.54, 1.807) is 12.3 Å². The molecule has 2 unspecified atom stereocenters. The van der Waals surface area contributed by atoms with Gasteiger partial charge in [0.1, 0.15) is 11.6 Å². The number of hydrogen-bond acceptors (Lipinski definition) is 4. The number of nitrogens with zero attached hydrogens (tertiary/aromatic N) is 4. The van der Waals surface area contributed by atoms with E-state index in [0.717, 1.165) is 54.2 Å². The number of likely N-dealkylation sites (tertiary alicyclic amines) is 1. The fourth-order valence-electron chi connectivity index (χ4n) is 4.45. The molecule has 5 nitrogen and oxygen atoms in total. The number of halogens is 3. The summed E-state index contributed by atoms with van der Waals surface area (Å²) >= 11 is 0. The number of hydrogen-bond donors (Lipinski definition) is 0. The van der Waals surface area contributed by atoms with Crippen LogP contribution in [0.25, 0.3) is 11.2 Å². The zero-order valence-electron chi connectivity index (χ0n) is 17.3. The SMILES string of the molecule is COc1cc(C(F)(F)F)ccc1C1CCN(Cc2nc3ncccc3n2C)CC1C. The first kappa shape index (κ1) is 20.7. The summed E-state index contributed by atoms with van der Waals surface area (Å²) in [7, 11) is 3.42. The molecule has 1 aromatic carbocycles. The molecule has 0 N–H and O–H groups in total. The van der Waals surface area contributed by atoms with Gasteiger partial charge in [-0.1, -0.05) is 13.0 Å².